The third-order valence-electron chi connectivity index (χ3n) is 3.63. The van der Waals surface area contributed by atoms with Gasteiger partial charge in [-0.15, -0.1) is 0 Å². The van der Waals surface area contributed by atoms with Gasteiger partial charge < -0.3 is 5.32 Å². The Hall–Kier alpha value is -2.96. The topological polar surface area (TPSA) is 83.5 Å². The zero-order valence-electron chi connectivity index (χ0n) is 13.9. The average molecular weight is 401 g/mol. The molecule has 0 spiro atoms. The minimum Gasteiger partial charge on any atom is -0.343 e. The van der Waals surface area contributed by atoms with Crippen LogP contribution in [0.4, 0.5) is 0 Å². The number of halogens is 2. The first kappa shape index (κ1) is 18.8. The Kier molecular flexibility index (Phi) is 6.01. The van der Waals surface area contributed by atoms with Gasteiger partial charge in [0, 0.05) is 10.9 Å². The van der Waals surface area contributed by atoms with Crippen LogP contribution in [0, 0.1) is 0 Å². The number of hydrogen-bond donors (Lipinski definition) is 2. The van der Waals surface area contributed by atoms with Gasteiger partial charge in [-0.05, 0) is 24.3 Å². The highest BCUT2D eigenvalue weighted by atomic mass is 35.5. The summed E-state index contributed by atoms with van der Waals surface area (Å²) in [4.78, 5) is 28.1. The summed E-state index contributed by atoms with van der Waals surface area (Å²) in [5.41, 5.74) is 3.96. The van der Waals surface area contributed by atoms with E-state index in [2.05, 4.69) is 20.8 Å². The summed E-state index contributed by atoms with van der Waals surface area (Å²) in [6.45, 7) is -0.245. The lowest BCUT2D eigenvalue weighted by atomic mass is 10.2. The lowest BCUT2D eigenvalue weighted by Crippen LogP contribution is -2.35. The summed E-state index contributed by atoms with van der Waals surface area (Å²) in [5, 5.41) is 7.82. The first-order valence-electron chi connectivity index (χ1n) is 7.94. The van der Waals surface area contributed by atoms with E-state index in [-0.39, 0.29) is 11.7 Å². The molecule has 1 heterocycles. The molecule has 2 aromatic carbocycles. The number of benzene rings is 2. The number of nitrogens with zero attached hydrogens (tertiary/aromatic N) is 2. The van der Waals surface area contributed by atoms with Gasteiger partial charge in [0.05, 0.1) is 28.9 Å². The fourth-order valence-electron chi connectivity index (χ4n) is 2.31. The van der Waals surface area contributed by atoms with Crippen LogP contribution in [0.15, 0.2) is 59.7 Å². The zero-order chi connectivity index (χ0) is 19.2. The molecule has 0 aliphatic rings. The number of aromatic nitrogens is 1. The Labute approximate surface area is 165 Å². The van der Waals surface area contributed by atoms with Crippen LogP contribution in [0.2, 0.25) is 10.2 Å². The molecule has 0 atom stereocenters. The first-order valence-corrected chi connectivity index (χ1v) is 8.70. The minimum absolute atomic E-state index is 0.245. The number of rotatable bonds is 5. The minimum atomic E-state index is -0.489. The highest BCUT2D eigenvalue weighted by molar-refractivity contribution is 6.34. The van der Waals surface area contributed by atoms with Crippen molar-refractivity contribution < 1.29 is 9.59 Å². The molecule has 3 rings (SSSR count). The van der Waals surface area contributed by atoms with Gasteiger partial charge >= 0.3 is 0 Å². The van der Waals surface area contributed by atoms with Crippen LogP contribution < -0.4 is 10.7 Å². The van der Waals surface area contributed by atoms with Crippen molar-refractivity contribution in [3.63, 3.8) is 0 Å². The van der Waals surface area contributed by atoms with E-state index in [0.717, 1.165) is 10.9 Å². The first-order chi connectivity index (χ1) is 13.0. The number of pyridine rings is 1. The number of fused-ring (bicyclic) bond motifs is 1. The second kappa shape index (κ2) is 8.62. The van der Waals surface area contributed by atoms with Crippen molar-refractivity contribution in [3.05, 3.63) is 75.9 Å². The average Bonchev–Trinajstić information content (AvgIpc) is 2.67. The second-order valence-electron chi connectivity index (χ2n) is 5.52. The number of para-hydroxylation sites is 1. The van der Waals surface area contributed by atoms with E-state index in [1.54, 1.807) is 24.3 Å². The molecule has 2 amide bonds. The molecule has 27 heavy (non-hydrogen) atoms. The lowest BCUT2D eigenvalue weighted by molar-refractivity contribution is -0.120. The summed E-state index contributed by atoms with van der Waals surface area (Å²) in [5.74, 6) is -0.932. The van der Waals surface area contributed by atoms with E-state index in [9.17, 15) is 9.59 Å². The van der Waals surface area contributed by atoms with Crippen molar-refractivity contribution in [2.75, 3.05) is 6.54 Å². The van der Waals surface area contributed by atoms with Crippen LogP contribution in [-0.4, -0.2) is 29.6 Å². The van der Waals surface area contributed by atoms with Crippen molar-refractivity contribution in [2.24, 2.45) is 5.10 Å². The van der Waals surface area contributed by atoms with E-state index in [4.69, 9.17) is 23.2 Å². The Morgan fingerprint density at radius 1 is 1.07 bits per heavy atom. The van der Waals surface area contributed by atoms with Gasteiger partial charge in [-0.2, -0.15) is 5.10 Å². The molecule has 0 saturated carbocycles. The Bertz CT molecular complexity index is 1040. The maximum absolute atomic E-state index is 12.0. The zero-order valence-corrected chi connectivity index (χ0v) is 15.5. The molecule has 1 aromatic heterocycles. The van der Waals surface area contributed by atoms with Crippen molar-refractivity contribution in [1.29, 1.82) is 0 Å². The summed E-state index contributed by atoms with van der Waals surface area (Å²) in [6.07, 6.45) is 1.40. The molecule has 0 radical (unpaired) electrons. The molecule has 0 aliphatic heterocycles. The standard InChI is InChI=1S/C19H14Cl2N4O2/c20-15-7-3-2-6-14(15)19(27)22-11-17(26)25-23-10-13-9-12-5-1-4-8-16(12)24-18(13)21/h1-10H,11H2,(H,22,27)(H,25,26). The largest absolute Gasteiger partial charge is 0.343 e. The maximum Gasteiger partial charge on any atom is 0.259 e. The number of hydrazone groups is 1. The molecule has 2 N–H and O–H groups in total. The van der Waals surface area contributed by atoms with Gasteiger partial charge in [0.2, 0.25) is 0 Å². The molecule has 0 saturated heterocycles. The van der Waals surface area contributed by atoms with Crippen molar-refractivity contribution in [3.8, 4) is 0 Å². The van der Waals surface area contributed by atoms with Crippen LogP contribution in [0.3, 0.4) is 0 Å². The smallest absolute Gasteiger partial charge is 0.259 e. The summed E-state index contributed by atoms with van der Waals surface area (Å²) in [7, 11) is 0. The lowest BCUT2D eigenvalue weighted by Gasteiger charge is -2.05. The Balaban J connectivity index is 1.57. The van der Waals surface area contributed by atoms with E-state index in [1.807, 2.05) is 30.3 Å². The number of carbonyl (C=O) groups is 2. The van der Waals surface area contributed by atoms with Crippen LogP contribution in [0.5, 0.6) is 0 Å². The SMILES string of the molecule is O=C(CNC(=O)c1ccccc1Cl)NN=Cc1cc2ccccc2nc1Cl. The molecule has 0 fully saturated rings. The number of nitrogens with one attached hydrogen (secondary N) is 2. The van der Waals surface area contributed by atoms with Gasteiger partial charge in [-0.25, -0.2) is 10.4 Å². The normalized spacial score (nSPS) is 10.9. The Morgan fingerprint density at radius 2 is 1.81 bits per heavy atom. The van der Waals surface area contributed by atoms with Crippen molar-refractivity contribution in [2.45, 2.75) is 0 Å². The molecule has 3 aromatic rings. The monoisotopic (exact) mass is 400 g/mol. The van der Waals surface area contributed by atoms with Crippen LogP contribution in [0.1, 0.15) is 15.9 Å². The molecule has 0 bridgehead atoms. The van der Waals surface area contributed by atoms with Crippen LogP contribution >= 0.6 is 23.2 Å². The van der Waals surface area contributed by atoms with Gasteiger partial charge in [0.25, 0.3) is 11.8 Å². The fraction of sp³-hybridized carbons (Fsp3) is 0.0526. The molecule has 6 nitrogen and oxygen atoms in total. The molecular weight excluding hydrogens is 387 g/mol. The van der Waals surface area contributed by atoms with E-state index < -0.39 is 11.8 Å². The van der Waals surface area contributed by atoms with Gasteiger partial charge in [-0.1, -0.05) is 53.5 Å². The fourth-order valence-corrected chi connectivity index (χ4v) is 2.73. The summed E-state index contributed by atoms with van der Waals surface area (Å²) in [6, 6.07) is 15.9. The summed E-state index contributed by atoms with van der Waals surface area (Å²) < 4.78 is 0. The van der Waals surface area contributed by atoms with Gasteiger partial charge in [0.15, 0.2) is 0 Å². The van der Waals surface area contributed by atoms with E-state index >= 15 is 0 Å². The molecule has 136 valence electrons. The number of amides is 2. The highest BCUT2D eigenvalue weighted by Gasteiger charge is 2.10. The predicted molar refractivity (Wildman–Crippen MR) is 106 cm³/mol. The van der Waals surface area contributed by atoms with Gasteiger partial charge in [-0.3, -0.25) is 9.59 Å². The van der Waals surface area contributed by atoms with Crippen molar-refractivity contribution in [1.82, 2.24) is 15.7 Å². The van der Waals surface area contributed by atoms with E-state index in [1.165, 1.54) is 6.21 Å². The predicted octanol–water partition coefficient (Wildman–Crippen LogP) is 3.42. The maximum atomic E-state index is 12.0. The van der Waals surface area contributed by atoms with Gasteiger partial charge in [0.1, 0.15) is 5.15 Å². The Morgan fingerprint density at radius 3 is 2.63 bits per heavy atom. The summed E-state index contributed by atoms with van der Waals surface area (Å²) >= 11 is 12.1. The highest BCUT2D eigenvalue weighted by Crippen LogP contribution is 2.19. The van der Waals surface area contributed by atoms with Crippen LogP contribution in [-0.2, 0) is 4.79 Å². The molecule has 0 unspecified atom stereocenters. The third-order valence-corrected chi connectivity index (χ3v) is 4.26. The van der Waals surface area contributed by atoms with Crippen LogP contribution in [0.25, 0.3) is 10.9 Å². The van der Waals surface area contributed by atoms with Crippen molar-refractivity contribution >= 4 is 52.1 Å². The molecule has 8 heteroatoms. The number of hydrogen-bond acceptors (Lipinski definition) is 4. The molecule has 0 aliphatic carbocycles. The van der Waals surface area contributed by atoms with E-state index in [0.29, 0.717) is 16.1 Å². The third kappa shape index (κ3) is 4.81. The number of carbonyl (C=O) groups excluding carboxylic acids is 2. The second-order valence-corrected chi connectivity index (χ2v) is 6.28. The molecular formula is C19H14Cl2N4O2. The quantitative estimate of drug-likeness (QED) is 0.391.